The third kappa shape index (κ3) is 2.52. The van der Waals surface area contributed by atoms with Crippen molar-refractivity contribution in [1.82, 2.24) is 5.01 Å². The molecule has 0 unspecified atom stereocenters. The van der Waals surface area contributed by atoms with Gasteiger partial charge in [0, 0.05) is 16.5 Å². The number of thiophene rings is 1. The second kappa shape index (κ2) is 6.14. The predicted octanol–water partition coefficient (Wildman–Crippen LogP) is 5.46. The van der Waals surface area contributed by atoms with Gasteiger partial charge >= 0.3 is 0 Å². The van der Waals surface area contributed by atoms with Crippen molar-refractivity contribution in [2.24, 2.45) is 5.10 Å². The van der Waals surface area contributed by atoms with Crippen LogP contribution in [-0.4, -0.2) is 15.8 Å². The summed E-state index contributed by atoms with van der Waals surface area (Å²) in [5.74, 6) is 1.05. The van der Waals surface area contributed by atoms with Crippen molar-refractivity contribution in [3.8, 4) is 11.5 Å². The number of fused-ring (bicyclic) bond motifs is 3. The van der Waals surface area contributed by atoms with E-state index in [1.807, 2.05) is 41.4 Å². The lowest BCUT2D eigenvalue weighted by molar-refractivity contribution is -0.0203. The van der Waals surface area contributed by atoms with Crippen molar-refractivity contribution in [2.75, 3.05) is 0 Å². The van der Waals surface area contributed by atoms with Crippen LogP contribution in [0.5, 0.6) is 11.5 Å². The molecule has 1 N–H and O–H groups in total. The van der Waals surface area contributed by atoms with E-state index in [1.54, 1.807) is 17.4 Å². The molecular weight excluding hydrogens is 412 g/mol. The van der Waals surface area contributed by atoms with E-state index in [0.29, 0.717) is 5.56 Å². The molecule has 26 heavy (non-hydrogen) atoms. The van der Waals surface area contributed by atoms with Gasteiger partial charge in [0.05, 0.1) is 22.2 Å². The number of hydrogen-bond acceptors (Lipinski definition) is 5. The molecule has 3 heterocycles. The van der Waals surface area contributed by atoms with Crippen molar-refractivity contribution in [3.63, 3.8) is 0 Å². The average Bonchev–Trinajstić information content (AvgIpc) is 3.32. The first-order chi connectivity index (χ1) is 12.7. The number of para-hydroxylation sites is 1. The minimum absolute atomic E-state index is 0.0976. The van der Waals surface area contributed by atoms with Gasteiger partial charge in [0.1, 0.15) is 11.5 Å². The average molecular weight is 427 g/mol. The summed E-state index contributed by atoms with van der Waals surface area (Å²) < 4.78 is 7.17. The Balaban J connectivity index is 1.64. The third-order valence-electron chi connectivity index (χ3n) is 4.76. The second-order valence-electron chi connectivity index (χ2n) is 6.34. The molecule has 0 saturated carbocycles. The van der Waals surface area contributed by atoms with Gasteiger partial charge in [-0.05, 0) is 35.7 Å². The Morgan fingerprint density at radius 3 is 2.85 bits per heavy atom. The highest BCUT2D eigenvalue weighted by Gasteiger charge is 2.41. The zero-order chi connectivity index (χ0) is 17.7. The first kappa shape index (κ1) is 15.9. The fraction of sp³-hybridized carbons (Fsp3) is 0.150. The molecule has 3 aromatic rings. The molecule has 0 radical (unpaired) electrons. The number of aromatic hydroxyl groups is 1. The standard InChI is InChI=1S/C20H15BrN2O2S/c21-12-7-8-17(24)14(10-12)20-23-16(13-4-1-2-5-18(13)25-20)11-15(22-23)19-6-3-9-26-19/h1-10,16,20,24H,11H2/t16-,20+/m1/s1. The van der Waals surface area contributed by atoms with E-state index in [4.69, 9.17) is 9.84 Å². The highest BCUT2D eigenvalue weighted by atomic mass is 79.9. The number of hydrazone groups is 1. The fourth-order valence-electron chi connectivity index (χ4n) is 3.55. The van der Waals surface area contributed by atoms with Crippen molar-refractivity contribution < 1.29 is 9.84 Å². The number of halogens is 1. The molecule has 0 bridgehead atoms. The van der Waals surface area contributed by atoms with Crippen LogP contribution in [0.1, 0.15) is 34.7 Å². The van der Waals surface area contributed by atoms with E-state index in [0.717, 1.165) is 27.9 Å². The molecule has 0 spiro atoms. The smallest absolute Gasteiger partial charge is 0.217 e. The van der Waals surface area contributed by atoms with E-state index in [1.165, 1.54) is 4.88 Å². The lowest BCUT2D eigenvalue weighted by Gasteiger charge is -2.38. The van der Waals surface area contributed by atoms with E-state index < -0.39 is 6.23 Å². The Labute approximate surface area is 163 Å². The summed E-state index contributed by atoms with van der Waals surface area (Å²) >= 11 is 5.19. The van der Waals surface area contributed by atoms with Crippen LogP contribution in [0.2, 0.25) is 0 Å². The van der Waals surface area contributed by atoms with Crippen LogP contribution in [0.15, 0.2) is 69.6 Å². The SMILES string of the molecule is Oc1ccc(Br)cc1[C@@H]1Oc2ccccc2[C@H]2CC(c3cccs3)=NN21. The van der Waals surface area contributed by atoms with Gasteiger partial charge in [-0.1, -0.05) is 40.2 Å². The molecule has 0 saturated heterocycles. The summed E-state index contributed by atoms with van der Waals surface area (Å²) in [6, 6.07) is 17.7. The third-order valence-corrected chi connectivity index (χ3v) is 6.17. The second-order valence-corrected chi connectivity index (χ2v) is 8.20. The van der Waals surface area contributed by atoms with Gasteiger partial charge in [0.15, 0.2) is 0 Å². The summed E-state index contributed by atoms with van der Waals surface area (Å²) in [6.45, 7) is 0. The predicted molar refractivity (Wildman–Crippen MR) is 106 cm³/mol. The van der Waals surface area contributed by atoms with Gasteiger partial charge in [-0.25, -0.2) is 5.01 Å². The van der Waals surface area contributed by atoms with Crippen molar-refractivity contribution in [3.05, 3.63) is 80.5 Å². The minimum Gasteiger partial charge on any atom is -0.507 e. The number of nitrogens with zero attached hydrogens (tertiary/aromatic N) is 2. The summed E-state index contributed by atoms with van der Waals surface area (Å²) in [5.41, 5.74) is 2.90. The summed E-state index contributed by atoms with van der Waals surface area (Å²) in [6.07, 6.45) is 0.358. The molecule has 0 amide bonds. The normalized spacial score (nSPS) is 21.0. The molecule has 4 nitrogen and oxygen atoms in total. The van der Waals surface area contributed by atoms with Crippen LogP contribution < -0.4 is 4.74 Å². The molecular formula is C20H15BrN2O2S. The van der Waals surface area contributed by atoms with Crippen LogP contribution in [0.25, 0.3) is 0 Å². The Morgan fingerprint density at radius 1 is 1.12 bits per heavy atom. The molecule has 2 aliphatic rings. The van der Waals surface area contributed by atoms with Gasteiger partial charge in [-0.3, -0.25) is 0 Å². The first-order valence-corrected chi connectivity index (χ1v) is 10.0. The van der Waals surface area contributed by atoms with Crippen molar-refractivity contribution in [2.45, 2.75) is 18.7 Å². The summed E-state index contributed by atoms with van der Waals surface area (Å²) in [4.78, 5) is 1.18. The Bertz CT molecular complexity index is 1000. The molecule has 2 aliphatic heterocycles. The van der Waals surface area contributed by atoms with E-state index in [2.05, 4.69) is 33.4 Å². The van der Waals surface area contributed by atoms with E-state index in [-0.39, 0.29) is 11.8 Å². The monoisotopic (exact) mass is 426 g/mol. The number of ether oxygens (including phenoxy) is 1. The molecule has 2 atom stereocenters. The lowest BCUT2D eigenvalue weighted by Crippen LogP contribution is -2.33. The van der Waals surface area contributed by atoms with Gasteiger partial charge in [0.25, 0.3) is 0 Å². The molecule has 0 fully saturated rings. The quantitative estimate of drug-likeness (QED) is 0.591. The number of rotatable bonds is 2. The molecule has 0 aliphatic carbocycles. The molecule has 6 heteroatoms. The summed E-state index contributed by atoms with van der Waals surface area (Å²) in [5, 5.41) is 19.4. The van der Waals surface area contributed by atoms with Crippen LogP contribution in [0, 0.1) is 0 Å². The van der Waals surface area contributed by atoms with E-state index >= 15 is 0 Å². The lowest BCUT2D eigenvalue weighted by atomic mass is 9.97. The number of benzene rings is 2. The topological polar surface area (TPSA) is 45.1 Å². The van der Waals surface area contributed by atoms with Gasteiger partial charge in [-0.15, -0.1) is 11.3 Å². The summed E-state index contributed by atoms with van der Waals surface area (Å²) in [7, 11) is 0. The largest absolute Gasteiger partial charge is 0.507 e. The maximum absolute atomic E-state index is 10.4. The van der Waals surface area contributed by atoms with E-state index in [9.17, 15) is 5.11 Å². The Hall–Kier alpha value is -2.31. The Kier molecular flexibility index (Phi) is 3.76. The van der Waals surface area contributed by atoms with Gasteiger partial charge < -0.3 is 9.84 Å². The molecule has 1 aromatic heterocycles. The van der Waals surface area contributed by atoms with Crippen LogP contribution in [-0.2, 0) is 0 Å². The maximum Gasteiger partial charge on any atom is 0.217 e. The number of phenols is 1. The maximum atomic E-state index is 10.4. The highest BCUT2D eigenvalue weighted by molar-refractivity contribution is 9.10. The minimum atomic E-state index is -0.468. The highest BCUT2D eigenvalue weighted by Crippen LogP contribution is 2.49. The van der Waals surface area contributed by atoms with Crippen LogP contribution >= 0.6 is 27.3 Å². The Morgan fingerprint density at radius 2 is 2.00 bits per heavy atom. The van der Waals surface area contributed by atoms with Crippen molar-refractivity contribution >= 4 is 33.0 Å². The fourth-order valence-corrected chi connectivity index (χ4v) is 4.65. The van der Waals surface area contributed by atoms with Crippen LogP contribution in [0.3, 0.4) is 0 Å². The number of hydrogen-bond donors (Lipinski definition) is 1. The molecule has 5 rings (SSSR count). The zero-order valence-electron chi connectivity index (χ0n) is 13.7. The van der Waals surface area contributed by atoms with Gasteiger partial charge in [-0.2, -0.15) is 5.10 Å². The zero-order valence-corrected chi connectivity index (χ0v) is 16.1. The molecule has 130 valence electrons. The van der Waals surface area contributed by atoms with Crippen LogP contribution in [0.4, 0.5) is 0 Å². The molecule has 2 aromatic carbocycles. The van der Waals surface area contributed by atoms with Gasteiger partial charge in [0.2, 0.25) is 6.23 Å². The first-order valence-electron chi connectivity index (χ1n) is 8.34. The number of phenolic OH excluding ortho intramolecular Hbond substituents is 1. The van der Waals surface area contributed by atoms with Crippen molar-refractivity contribution in [1.29, 1.82) is 0 Å².